The predicted octanol–water partition coefficient (Wildman–Crippen LogP) is 1.70. The van der Waals surface area contributed by atoms with E-state index in [4.69, 9.17) is 10.5 Å². The highest BCUT2D eigenvalue weighted by Gasteiger charge is 2.16. The van der Waals surface area contributed by atoms with E-state index < -0.39 is 5.91 Å². The first-order valence-electron chi connectivity index (χ1n) is 6.25. The van der Waals surface area contributed by atoms with Gasteiger partial charge in [0.25, 0.3) is 5.91 Å². The van der Waals surface area contributed by atoms with Gasteiger partial charge >= 0.3 is 0 Å². The molecule has 1 amide bonds. The number of nitrogens with two attached hydrogens (primary N) is 1. The molecule has 0 atom stereocenters. The molecule has 2 aromatic rings. The van der Waals surface area contributed by atoms with Crippen LogP contribution in [0.15, 0.2) is 30.9 Å². The van der Waals surface area contributed by atoms with Gasteiger partial charge in [-0.3, -0.25) is 4.79 Å². The highest BCUT2D eigenvalue weighted by Crippen LogP contribution is 2.27. The van der Waals surface area contributed by atoms with Crippen molar-refractivity contribution in [3.05, 3.63) is 42.1 Å². The van der Waals surface area contributed by atoms with Crippen LogP contribution in [0, 0.1) is 0 Å². The Kier molecular flexibility index (Phi) is 4.14. The molecule has 104 valence electrons. The summed E-state index contributed by atoms with van der Waals surface area (Å²) in [6, 6.07) is 5.57. The number of benzene rings is 1. The molecule has 0 unspecified atom stereocenters. The second-order valence-electron chi connectivity index (χ2n) is 4.13. The fourth-order valence-corrected chi connectivity index (χ4v) is 1.94. The molecule has 0 aliphatic carbocycles. The van der Waals surface area contributed by atoms with Gasteiger partial charge < -0.3 is 10.5 Å². The number of rotatable bonds is 6. The standard InChI is InChI=1S/C14H16N4O2/c1-3-5-9-8-10(6-7-11(9)20-4-2)12-13(14(15)19)17-18-16-12/h3,6-8H,1,4-5H2,2H3,(H2,15,19)(H,16,17,18). The van der Waals surface area contributed by atoms with Crippen LogP contribution in [0.25, 0.3) is 11.3 Å². The van der Waals surface area contributed by atoms with Crippen molar-refractivity contribution in [3.8, 4) is 17.0 Å². The van der Waals surface area contributed by atoms with Gasteiger partial charge in [-0.15, -0.1) is 6.58 Å². The fourth-order valence-electron chi connectivity index (χ4n) is 1.94. The predicted molar refractivity (Wildman–Crippen MR) is 75.4 cm³/mol. The van der Waals surface area contributed by atoms with Gasteiger partial charge in [-0.1, -0.05) is 6.08 Å². The van der Waals surface area contributed by atoms with Gasteiger partial charge in [0.15, 0.2) is 5.69 Å². The van der Waals surface area contributed by atoms with Crippen LogP contribution in [-0.4, -0.2) is 27.9 Å². The number of hydrogen-bond donors (Lipinski definition) is 2. The van der Waals surface area contributed by atoms with Gasteiger partial charge in [0.05, 0.1) is 6.61 Å². The van der Waals surface area contributed by atoms with Crippen molar-refractivity contribution in [1.82, 2.24) is 15.4 Å². The zero-order valence-corrected chi connectivity index (χ0v) is 11.2. The third-order valence-electron chi connectivity index (χ3n) is 2.78. The summed E-state index contributed by atoms with van der Waals surface area (Å²) < 4.78 is 5.56. The SMILES string of the molecule is C=CCc1cc(-c2n[nH]nc2C(N)=O)ccc1OCC. The topological polar surface area (TPSA) is 93.9 Å². The lowest BCUT2D eigenvalue weighted by Crippen LogP contribution is -2.12. The van der Waals surface area contributed by atoms with E-state index >= 15 is 0 Å². The molecule has 6 nitrogen and oxygen atoms in total. The molecular weight excluding hydrogens is 256 g/mol. The quantitative estimate of drug-likeness (QED) is 0.782. The first-order chi connectivity index (χ1) is 9.67. The highest BCUT2D eigenvalue weighted by atomic mass is 16.5. The van der Waals surface area contributed by atoms with E-state index in [1.165, 1.54) is 0 Å². The van der Waals surface area contributed by atoms with Crippen molar-refractivity contribution in [2.24, 2.45) is 5.73 Å². The minimum Gasteiger partial charge on any atom is -0.494 e. The van der Waals surface area contributed by atoms with Crippen molar-refractivity contribution in [1.29, 1.82) is 0 Å². The highest BCUT2D eigenvalue weighted by molar-refractivity contribution is 5.96. The Bertz CT molecular complexity index is 634. The number of nitrogens with zero attached hydrogens (tertiary/aromatic N) is 2. The summed E-state index contributed by atoms with van der Waals surface area (Å²) >= 11 is 0. The summed E-state index contributed by atoms with van der Waals surface area (Å²) in [5.41, 5.74) is 7.56. The van der Waals surface area contributed by atoms with Crippen LogP contribution in [0.2, 0.25) is 0 Å². The Labute approximate surface area is 116 Å². The van der Waals surface area contributed by atoms with Crippen molar-refractivity contribution in [2.75, 3.05) is 6.61 Å². The third-order valence-corrected chi connectivity index (χ3v) is 2.78. The summed E-state index contributed by atoms with van der Waals surface area (Å²) in [6.07, 6.45) is 2.45. The molecule has 1 aromatic heterocycles. The van der Waals surface area contributed by atoms with E-state index in [0.29, 0.717) is 18.7 Å². The maximum Gasteiger partial charge on any atom is 0.271 e. The molecule has 1 aromatic carbocycles. The van der Waals surface area contributed by atoms with E-state index in [1.807, 2.05) is 25.1 Å². The minimum absolute atomic E-state index is 0.124. The molecule has 0 radical (unpaired) electrons. The average Bonchev–Trinajstić information content (AvgIpc) is 2.91. The van der Waals surface area contributed by atoms with Crippen LogP contribution >= 0.6 is 0 Å². The molecule has 6 heteroatoms. The summed E-state index contributed by atoms with van der Waals surface area (Å²) in [7, 11) is 0. The van der Waals surface area contributed by atoms with E-state index in [1.54, 1.807) is 6.08 Å². The number of H-pyrrole nitrogens is 1. The third kappa shape index (κ3) is 2.69. The molecular formula is C14H16N4O2. The van der Waals surface area contributed by atoms with Gasteiger partial charge in [0.2, 0.25) is 0 Å². The molecule has 0 saturated heterocycles. The number of ether oxygens (including phenoxy) is 1. The number of primary amides is 1. The van der Waals surface area contributed by atoms with Crippen LogP contribution < -0.4 is 10.5 Å². The molecule has 2 rings (SSSR count). The van der Waals surface area contributed by atoms with Crippen LogP contribution in [0.5, 0.6) is 5.75 Å². The number of carbonyl (C=O) groups is 1. The van der Waals surface area contributed by atoms with Crippen LogP contribution in [0.1, 0.15) is 23.0 Å². The lowest BCUT2D eigenvalue weighted by molar-refractivity contribution is 0.0996. The molecule has 20 heavy (non-hydrogen) atoms. The summed E-state index contributed by atoms with van der Waals surface area (Å²) in [5.74, 6) is 0.174. The first kappa shape index (κ1) is 13.8. The van der Waals surface area contributed by atoms with Gasteiger partial charge in [-0.2, -0.15) is 15.4 Å². The molecule has 0 saturated carbocycles. The van der Waals surface area contributed by atoms with E-state index in [9.17, 15) is 4.79 Å². The normalized spacial score (nSPS) is 10.2. The monoisotopic (exact) mass is 272 g/mol. The summed E-state index contributed by atoms with van der Waals surface area (Å²) in [4.78, 5) is 11.3. The summed E-state index contributed by atoms with van der Waals surface area (Å²) in [5, 5.41) is 10.2. The minimum atomic E-state index is -0.618. The van der Waals surface area contributed by atoms with Crippen molar-refractivity contribution < 1.29 is 9.53 Å². The molecule has 0 bridgehead atoms. The van der Waals surface area contributed by atoms with E-state index in [2.05, 4.69) is 22.0 Å². The van der Waals surface area contributed by atoms with E-state index in [-0.39, 0.29) is 5.69 Å². The number of hydrogen-bond acceptors (Lipinski definition) is 4. The van der Waals surface area contributed by atoms with Gasteiger partial charge in [0.1, 0.15) is 11.4 Å². The number of aromatic nitrogens is 3. The van der Waals surface area contributed by atoms with Gasteiger partial charge in [-0.05, 0) is 37.1 Å². The summed E-state index contributed by atoms with van der Waals surface area (Å²) in [6.45, 7) is 6.24. The molecule has 3 N–H and O–H groups in total. The zero-order chi connectivity index (χ0) is 14.5. The molecule has 0 spiro atoms. The number of aromatic amines is 1. The van der Waals surface area contributed by atoms with Crippen molar-refractivity contribution >= 4 is 5.91 Å². The first-order valence-corrected chi connectivity index (χ1v) is 6.25. The largest absolute Gasteiger partial charge is 0.494 e. The van der Waals surface area contributed by atoms with Crippen molar-refractivity contribution in [2.45, 2.75) is 13.3 Å². The Balaban J connectivity index is 2.47. The average molecular weight is 272 g/mol. The fraction of sp³-hybridized carbons (Fsp3) is 0.214. The van der Waals surface area contributed by atoms with Crippen LogP contribution in [0.4, 0.5) is 0 Å². The maximum absolute atomic E-state index is 11.3. The maximum atomic E-state index is 11.3. The Morgan fingerprint density at radius 2 is 2.30 bits per heavy atom. The number of allylic oxidation sites excluding steroid dienone is 1. The van der Waals surface area contributed by atoms with Gasteiger partial charge in [0, 0.05) is 5.56 Å². The Hall–Kier alpha value is -2.63. The smallest absolute Gasteiger partial charge is 0.271 e. The second-order valence-corrected chi connectivity index (χ2v) is 4.13. The van der Waals surface area contributed by atoms with Crippen LogP contribution in [0.3, 0.4) is 0 Å². The lowest BCUT2D eigenvalue weighted by atomic mass is 10.0. The number of amides is 1. The van der Waals surface area contributed by atoms with Crippen LogP contribution in [-0.2, 0) is 6.42 Å². The van der Waals surface area contributed by atoms with Gasteiger partial charge in [-0.25, -0.2) is 0 Å². The molecule has 0 aliphatic heterocycles. The molecule has 0 fully saturated rings. The second kappa shape index (κ2) is 6.01. The van der Waals surface area contributed by atoms with Crippen molar-refractivity contribution in [3.63, 3.8) is 0 Å². The Morgan fingerprint density at radius 3 is 2.95 bits per heavy atom. The zero-order valence-electron chi connectivity index (χ0n) is 11.2. The molecule has 1 heterocycles. The Morgan fingerprint density at radius 1 is 1.50 bits per heavy atom. The number of nitrogens with one attached hydrogen (secondary N) is 1. The van der Waals surface area contributed by atoms with E-state index in [0.717, 1.165) is 16.9 Å². The molecule has 0 aliphatic rings. The lowest BCUT2D eigenvalue weighted by Gasteiger charge is -2.10. The number of carbonyl (C=O) groups excluding carboxylic acids is 1.